The average Bonchev–Trinajstić information content (AvgIpc) is 2.49. The van der Waals surface area contributed by atoms with Gasteiger partial charge in [0.25, 0.3) is 0 Å². The summed E-state index contributed by atoms with van der Waals surface area (Å²) in [6.07, 6.45) is 0. The molecule has 3 aromatic carbocycles. The highest BCUT2D eigenvalue weighted by molar-refractivity contribution is 5.91. The van der Waals surface area contributed by atoms with Gasteiger partial charge in [0, 0.05) is 0 Å². The van der Waals surface area contributed by atoms with Crippen LogP contribution in [0.15, 0.2) is 60.7 Å². The van der Waals surface area contributed by atoms with Crippen LogP contribution < -0.4 is 4.74 Å². The number of aryl methyl sites for hydroxylation is 1. The molecule has 0 aliphatic carbocycles. The smallest absolute Gasteiger partial charge is 0.339 e. The molecule has 0 fully saturated rings. The number of rotatable bonds is 3. The molecule has 0 amide bonds. The minimum atomic E-state index is -0.991. The Balaban J connectivity index is 2.00. The fraction of sp³-hybridized carbons (Fsp3) is 0.0556. The molecule has 0 aliphatic heterocycles. The number of ether oxygens (including phenoxy) is 1. The maximum atomic E-state index is 11.3. The summed E-state index contributed by atoms with van der Waals surface area (Å²) in [4.78, 5) is 11.3. The minimum absolute atomic E-state index is 0.170. The standard InChI is InChI=1S/C18H14O3/c1-12-6-9-17(16(10-12)18(19)20)21-15-8-7-13-4-2-3-5-14(13)11-15/h2-11H,1H3,(H,19,20). The lowest BCUT2D eigenvalue weighted by molar-refractivity contribution is 0.0694. The van der Waals surface area contributed by atoms with Gasteiger partial charge in [-0.15, -0.1) is 0 Å². The molecule has 3 nitrogen and oxygen atoms in total. The van der Waals surface area contributed by atoms with Crippen molar-refractivity contribution in [2.75, 3.05) is 0 Å². The van der Waals surface area contributed by atoms with E-state index < -0.39 is 5.97 Å². The van der Waals surface area contributed by atoms with Gasteiger partial charge in [-0.25, -0.2) is 4.79 Å². The third kappa shape index (κ3) is 2.72. The molecule has 0 aromatic heterocycles. The van der Waals surface area contributed by atoms with Crippen LogP contribution in [0.25, 0.3) is 10.8 Å². The molecular formula is C18H14O3. The van der Waals surface area contributed by atoms with Crippen LogP contribution in [0.1, 0.15) is 15.9 Å². The molecule has 3 heteroatoms. The van der Waals surface area contributed by atoms with Gasteiger partial charge in [-0.3, -0.25) is 0 Å². The van der Waals surface area contributed by atoms with Gasteiger partial charge in [-0.2, -0.15) is 0 Å². The van der Waals surface area contributed by atoms with Crippen LogP contribution in [0.4, 0.5) is 0 Å². The first kappa shape index (κ1) is 13.2. The van der Waals surface area contributed by atoms with E-state index in [2.05, 4.69) is 0 Å². The summed E-state index contributed by atoms with van der Waals surface area (Å²) in [5, 5.41) is 11.4. The highest BCUT2D eigenvalue weighted by Crippen LogP contribution is 2.28. The van der Waals surface area contributed by atoms with E-state index in [1.54, 1.807) is 12.1 Å². The van der Waals surface area contributed by atoms with Crippen LogP contribution in [0.5, 0.6) is 11.5 Å². The Morgan fingerprint density at radius 1 is 0.952 bits per heavy atom. The van der Waals surface area contributed by atoms with Crippen molar-refractivity contribution >= 4 is 16.7 Å². The second-order valence-electron chi connectivity index (χ2n) is 4.92. The lowest BCUT2D eigenvalue weighted by Gasteiger charge is -2.10. The van der Waals surface area contributed by atoms with Gasteiger partial charge in [-0.05, 0) is 42.0 Å². The van der Waals surface area contributed by atoms with Crippen LogP contribution >= 0.6 is 0 Å². The number of hydrogen-bond acceptors (Lipinski definition) is 2. The monoisotopic (exact) mass is 278 g/mol. The summed E-state index contributed by atoms with van der Waals surface area (Å²) in [6, 6.07) is 18.8. The highest BCUT2D eigenvalue weighted by Gasteiger charge is 2.12. The molecule has 1 N–H and O–H groups in total. The molecule has 21 heavy (non-hydrogen) atoms. The molecule has 0 unspecified atom stereocenters. The lowest BCUT2D eigenvalue weighted by Crippen LogP contribution is -2.00. The molecule has 0 spiro atoms. The molecule has 0 saturated carbocycles. The maximum Gasteiger partial charge on any atom is 0.339 e. The zero-order valence-corrected chi connectivity index (χ0v) is 11.5. The van der Waals surface area contributed by atoms with Crippen LogP contribution in [0, 0.1) is 6.92 Å². The zero-order valence-electron chi connectivity index (χ0n) is 11.5. The quantitative estimate of drug-likeness (QED) is 0.759. The molecule has 0 bridgehead atoms. The molecular weight excluding hydrogens is 264 g/mol. The Bertz CT molecular complexity index is 822. The first-order valence-electron chi connectivity index (χ1n) is 6.64. The number of hydrogen-bond donors (Lipinski definition) is 1. The van der Waals surface area contributed by atoms with Crippen molar-refractivity contribution < 1.29 is 14.6 Å². The van der Waals surface area contributed by atoms with Crippen molar-refractivity contribution in [2.24, 2.45) is 0 Å². The third-order valence-electron chi connectivity index (χ3n) is 3.31. The van der Waals surface area contributed by atoms with E-state index in [4.69, 9.17) is 4.74 Å². The van der Waals surface area contributed by atoms with Crippen molar-refractivity contribution in [3.8, 4) is 11.5 Å². The predicted molar refractivity (Wildman–Crippen MR) is 82.2 cm³/mol. The largest absolute Gasteiger partial charge is 0.478 e. The number of benzene rings is 3. The Morgan fingerprint density at radius 2 is 1.71 bits per heavy atom. The van der Waals surface area contributed by atoms with Crippen LogP contribution in [-0.2, 0) is 0 Å². The lowest BCUT2D eigenvalue weighted by atomic mass is 10.1. The molecule has 3 rings (SSSR count). The predicted octanol–water partition coefficient (Wildman–Crippen LogP) is 4.64. The van der Waals surface area contributed by atoms with Crippen LogP contribution in [0.2, 0.25) is 0 Å². The highest BCUT2D eigenvalue weighted by atomic mass is 16.5. The molecule has 0 saturated heterocycles. The van der Waals surface area contributed by atoms with Crippen LogP contribution in [-0.4, -0.2) is 11.1 Å². The summed E-state index contributed by atoms with van der Waals surface area (Å²) >= 11 is 0. The number of aromatic carboxylic acids is 1. The Morgan fingerprint density at radius 3 is 2.48 bits per heavy atom. The van der Waals surface area contributed by atoms with E-state index >= 15 is 0 Å². The zero-order chi connectivity index (χ0) is 14.8. The molecule has 0 atom stereocenters. The Hall–Kier alpha value is -2.81. The van der Waals surface area contributed by atoms with E-state index in [0.29, 0.717) is 11.5 Å². The van der Waals surface area contributed by atoms with Crippen molar-refractivity contribution in [1.82, 2.24) is 0 Å². The third-order valence-corrected chi connectivity index (χ3v) is 3.31. The van der Waals surface area contributed by atoms with Gasteiger partial charge in [0.1, 0.15) is 17.1 Å². The molecule has 0 radical (unpaired) electrons. The van der Waals surface area contributed by atoms with Gasteiger partial charge in [0.15, 0.2) is 0 Å². The molecule has 0 heterocycles. The topological polar surface area (TPSA) is 46.5 Å². The summed E-state index contributed by atoms with van der Waals surface area (Å²) < 4.78 is 5.75. The van der Waals surface area contributed by atoms with Gasteiger partial charge in [0.2, 0.25) is 0 Å². The van der Waals surface area contributed by atoms with E-state index in [-0.39, 0.29) is 5.56 Å². The van der Waals surface area contributed by atoms with Gasteiger partial charge in [0.05, 0.1) is 0 Å². The summed E-state index contributed by atoms with van der Waals surface area (Å²) in [5.74, 6) is -0.0158. The maximum absolute atomic E-state index is 11.3. The molecule has 0 aliphatic rings. The van der Waals surface area contributed by atoms with Gasteiger partial charge < -0.3 is 9.84 Å². The first-order chi connectivity index (χ1) is 10.1. The number of carboxylic acid groups (broad SMARTS) is 1. The first-order valence-corrected chi connectivity index (χ1v) is 6.64. The second-order valence-corrected chi connectivity index (χ2v) is 4.92. The number of carbonyl (C=O) groups is 1. The SMILES string of the molecule is Cc1ccc(Oc2ccc3ccccc3c2)c(C(=O)O)c1. The van der Waals surface area contributed by atoms with Gasteiger partial charge >= 0.3 is 5.97 Å². The fourth-order valence-electron chi connectivity index (χ4n) is 2.26. The fourth-order valence-corrected chi connectivity index (χ4v) is 2.26. The molecule has 3 aromatic rings. The summed E-state index contributed by atoms with van der Waals surface area (Å²) in [7, 11) is 0. The van der Waals surface area contributed by atoms with Crippen molar-refractivity contribution in [3.05, 3.63) is 71.8 Å². The van der Waals surface area contributed by atoms with E-state index in [1.807, 2.05) is 55.5 Å². The van der Waals surface area contributed by atoms with Crippen molar-refractivity contribution in [2.45, 2.75) is 6.92 Å². The average molecular weight is 278 g/mol. The Kier molecular flexibility index (Phi) is 3.32. The normalized spacial score (nSPS) is 10.5. The Labute approximate surface area is 122 Å². The van der Waals surface area contributed by atoms with E-state index in [0.717, 1.165) is 16.3 Å². The van der Waals surface area contributed by atoms with E-state index in [9.17, 15) is 9.90 Å². The second kappa shape index (κ2) is 5.29. The van der Waals surface area contributed by atoms with Crippen molar-refractivity contribution in [3.63, 3.8) is 0 Å². The minimum Gasteiger partial charge on any atom is -0.478 e. The van der Waals surface area contributed by atoms with Gasteiger partial charge in [-0.1, -0.05) is 42.0 Å². The van der Waals surface area contributed by atoms with Crippen molar-refractivity contribution in [1.29, 1.82) is 0 Å². The number of carboxylic acids is 1. The molecule has 104 valence electrons. The van der Waals surface area contributed by atoms with Crippen LogP contribution in [0.3, 0.4) is 0 Å². The van der Waals surface area contributed by atoms with E-state index in [1.165, 1.54) is 0 Å². The summed E-state index contributed by atoms with van der Waals surface area (Å²) in [6.45, 7) is 1.85. The number of fused-ring (bicyclic) bond motifs is 1. The summed E-state index contributed by atoms with van der Waals surface area (Å²) in [5.41, 5.74) is 1.06.